The molecule has 8 heteroatoms. The quantitative estimate of drug-likeness (QED) is 0.401. The molecular formula is C26H31N3O4S. The molecule has 0 aliphatic heterocycles. The van der Waals surface area contributed by atoms with Crippen LogP contribution in [0.4, 0.5) is 5.00 Å². The van der Waals surface area contributed by atoms with Gasteiger partial charge in [0.15, 0.2) is 11.7 Å². The molecule has 1 aliphatic rings. The molecule has 7 nitrogen and oxygen atoms in total. The van der Waals surface area contributed by atoms with Crippen LogP contribution in [0.3, 0.4) is 0 Å². The number of benzene rings is 1. The normalized spacial score (nSPS) is 12.9. The Labute approximate surface area is 203 Å². The second kappa shape index (κ2) is 11.4. The zero-order chi connectivity index (χ0) is 23.9. The summed E-state index contributed by atoms with van der Waals surface area (Å²) in [4.78, 5) is 31.3. The number of rotatable bonds is 10. The van der Waals surface area contributed by atoms with Crippen molar-refractivity contribution < 1.29 is 18.7 Å². The summed E-state index contributed by atoms with van der Waals surface area (Å²) in [5, 5.41) is 6.61. The third-order valence-corrected chi connectivity index (χ3v) is 7.12. The molecule has 0 fully saturated rings. The van der Waals surface area contributed by atoms with Gasteiger partial charge in [0.05, 0.1) is 11.8 Å². The Balaban J connectivity index is 1.39. The zero-order valence-corrected chi connectivity index (χ0v) is 20.6. The van der Waals surface area contributed by atoms with Gasteiger partial charge in [0.1, 0.15) is 5.00 Å². The number of hydrogen-bond acceptors (Lipinski definition) is 6. The van der Waals surface area contributed by atoms with Crippen molar-refractivity contribution in [3.8, 4) is 11.3 Å². The highest BCUT2D eigenvalue weighted by atomic mass is 32.1. The zero-order valence-electron chi connectivity index (χ0n) is 19.7. The standard InChI is InChI=1S/C26H31N3O4S/c1-17-8-10-18(11-9-17)20-16-28-23(33-20)13-12-22(30)29-26-24(25(31)27-14-5-15-32-2)19-6-3-4-7-21(19)34-26/h8-11,16H,3-7,12-15H2,1-2H3,(H,27,31)(H,29,30). The van der Waals surface area contributed by atoms with Crippen molar-refractivity contribution in [1.29, 1.82) is 0 Å². The number of amides is 2. The number of methoxy groups -OCH3 is 1. The summed E-state index contributed by atoms with van der Waals surface area (Å²) in [6, 6.07) is 8.04. The van der Waals surface area contributed by atoms with Gasteiger partial charge < -0.3 is 19.8 Å². The molecule has 2 N–H and O–H groups in total. The largest absolute Gasteiger partial charge is 0.441 e. The third kappa shape index (κ3) is 5.93. The maximum atomic E-state index is 13.0. The number of thiophene rings is 1. The molecule has 2 aromatic heterocycles. The van der Waals surface area contributed by atoms with E-state index < -0.39 is 0 Å². The van der Waals surface area contributed by atoms with Crippen molar-refractivity contribution in [1.82, 2.24) is 10.3 Å². The summed E-state index contributed by atoms with van der Waals surface area (Å²) >= 11 is 1.53. The number of carbonyl (C=O) groups excluding carboxylic acids is 2. The van der Waals surface area contributed by atoms with Gasteiger partial charge in [0.25, 0.3) is 5.91 Å². The van der Waals surface area contributed by atoms with E-state index in [1.807, 2.05) is 31.2 Å². The van der Waals surface area contributed by atoms with Gasteiger partial charge in [-0.3, -0.25) is 9.59 Å². The maximum absolute atomic E-state index is 13.0. The molecule has 180 valence electrons. The van der Waals surface area contributed by atoms with E-state index in [-0.39, 0.29) is 18.2 Å². The minimum absolute atomic E-state index is 0.124. The van der Waals surface area contributed by atoms with Crippen LogP contribution in [0.15, 0.2) is 34.9 Å². The molecule has 0 saturated carbocycles. The Morgan fingerprint density at radius 1 is 1.18 bits per heavy atom. The molecule has 34 heavy (non-hydrogen) atoms. The number of aromatic nitrogens is 1. The maximum Gasteiger partial charge on any atom is 0.254 e. The van der Waals surface area contributed by atoms with Crippen LogP contribution in [0.1, 0.15) is 57.9 Å². The van der Waals surface area contributed by atoms with E-state index in [2.05, 4.69) is 15.6 Å². The minimum atomic E-state index is -0.151. The topological polar surface area (TPSA) is 93.5 Å². The van der Waals surface area contributed by atoms with Crippen molar-refractivity contribution in [2.24, 2.45) is 0 Å². The lowest BCUT2D eigenvalue weighted by Crippen LogP contribution is -2.27. The van der Waals surface area contributed by atoms with Crippen LogP contribution in [0, 0.1) is 6.92 Å². The molecule has 0 atom stereocenters. The summed E-state index contributed by atoms with van der Waals surface area (Å²) in [6.07, 6.45) is 7.07. The van der Waals surface area contributed by atoms with Crippen LogP contribution in [-0.2, 0) is 28.8 Å². The number of hydrogen-bond donors (Lipinski definition) is 2. The molecule has 4 rings (SSSR count). The molecule has 0 saturated heterocycles. The highest BCUT2D eigenvalue weighted by Crippen LogP contribution is 2.38. The van der Waals surface area contributed by atoms with Gasteiger partial charge in [-0.25, -0.2) is 4.98 Å². The van der Waals surface area contributed by atoms with E-state index >= 15 is 0 Å². The number of carbonyl (C=O) groups is 2. The number of oxazole rings is 1. The van der Waals surface area contributed by atoms with Gasteiger partial charge in [0, 0.05) is 43.5 Å². The van der Waals surface area contributed by atoms with E-state index in [1.165, 1.54) is 21.8 Å². The summed E-state index contributed by atoms with van der Waals surface area (Å²) < 4.78 is 10.9. The first kappa shape index (κ1) is 24.2. The lowest BCUT2D eigenvalue weighted by atomic mass is 9.95. The minimum Gasteiger partial charge on any atom is -0.441 e. The molecule has 0 unspecified atom stereocenters. The van der Waals surface area contributed by atoms with Crippen LogP contribution in [-0.4, -0.2) is 37.1 Å². The van der Waals surface area contributed by atoms with Crippen LogP contribution in [0.5, 0.6) is 0 Å². The van der Waals surface area contributed by atoms with Crippen molar-refractivity contribution in [2.75, 3.05) is 25.6 Å². The first-order valence-corrected chi connectivity index (χ1v) is 12.6. The molecular weight excluding hydrogens is 450 g/mol. The highest BCUT2D eigenvalue weighted by molar-refractivity contribution is 7.17. The Morgan fingerprint density at radius 2 is 1.97 bits per heavy atom. The number of nitrogens with zero attached hydrogens (tertiary/aromatic N) is 1. The first-order valence-electron chi connectivity index (χ1n) is 11.8. The first-order chi connectivity index (χ1) is 16.5. The second-order valence-electron chi connectivity index (χ2n) is 8.55. The predicted molar refractivity (Wildman–Crippen MR) is 133 cm³/mol. The second-order valence-corrected chi connectivity index (χ2v) is 9.65. The Morgan fingerprint density at radius 3 is 2.76 bits per heavy atom. The Kier molecular flexibility index (Phi) is 8.13. The molecule has 0 radical (unpaired) electrons. The molecule has 1 aliphatic carbocycles. The van der Waals surface area contributed by atoms with Gasteiger partial charge in [-0.15, -0.1) is 11.3 Å². The van der Waals surface area contributed by atoms with Gasteiger partial charge in [-0.05, 0) is 44.6 Å². The summed E-state index contributed by atoms with van der Waals surface area (Å²) in [6.45, 7) is 3.17. The predicted octanol–water partition coefficient (Wildman–Crippen LogP) is 4.93. The lowest BCUT2D eigenvalue weighted by Gasteiger charge is -2.13. The Hall–Kier alpha value is -2.97. The van der Waals surface area contributed by atoms with Crippen molar-refractivity contribution >= 4 is 28.2 Å². The van der Waals surface area contributed by atoms with Crippen LogP contribution in [0.2, 0.25) is 0 Å². The molecule has 2 heterocycles. The van der Waals surface area contributed by atoms with Gasteiger partial charge >= 0.3 is 0 Å². The van der Waals surface area contributed by atoms with Crippen LogP contribution >= 0.6 is 11.3 Å². The van der Waals surface area contributed by atoms with E-state index in [0.717, 1.165) is 43.2 Å². The van der Waals surface area contributed by atoms with Gasteiger partial charge in [-0.1, -0.05) is 29.8 Å². The molecule has 0 spiro atoms. The number of anilines is 1. The van der Waals surface area contributed by atoms with Gasteiger partial charge in [0.2, 0.25) is 5.91 Å². The molecule has 3 aromatic rings. The summed E-state index contributed by atoms with van der Waals surface area (Å²) in [5.41, 5.74) is 3.85. The number of fused-ring (bicyclic) bond motifs is 1. The average molecular weight is 482 g/mol. The fourth-order valence-corrected chi connectivity index (χ4v) is 5.39. The molecule has 0 bridgehead atoms. The van der Waals surface area contributed by atoms with Crippen molar-refractivity contribution in [3.05, 3.63) is 57.9 Å². The summed E-state index contributed by atoms with van der Waals surface area (Å²) in [7, 11) is 1.65. The summed E-state index contributed by atoms with van der Waals surface area (Å²) in [5.74, 6) is 0.935. The van der Waals surface area contributed by atoms with Crippen molar-refractivity contribution in [3.63, 3.8) is 0 Å². The fourth-order valence-electron chi connectivity index (χ4n) is 4.09. The van der Waals surface area contributed by atoms with Crippen molar-refractivity contribution in [2.45, 2.75) is 51.9 Å². The van der Waals surface area contributed by atoms with E-state index in [4.69, 9.17) is 9.15 Å². The average Bonchev–Trinajstić information content (AvgIpc) is 3.45. The number of ether oxygens (including phenoxy) is 1. The molecule has 2 amide bonds. The SMILES string of the molecule is COCCCNC(=O)c1c(NC(=O)CCc2ncc(-c3ccc(C)cc3)o2)sc2c1CCCC2. The van der Waals surface area contributed by atoms with Crippen LogP contribution < -0.4 is 10.6 Å². The van der Waals surface area contributed by atoms with E-state index in [0.29, 0.717) is 41.8 Å². The third-order valence-electron chi connectivity index (χ3n) is 5.92. The highest BCUT2D eigenvalue weighted by Gasteiger charge is 2.26. The number of aryl methyl sites for hydroxylation is 3. The van der Waals surface area contributed by atoms with Crippen LogP contribution in [0.25, 0.3) is 11.3 Å². The van der Waals surface area contributed by atoms with E-state index in [9.17, 15) is 9.59 Å². The Bertz CT molecular complexity index is 1130. The number of nitrogens with one attached hydrogen (secondary N) is 2. The monoisotopic (exact) mass is 481 g/mol. The molecule has 1 aromatic carbocycles. The van der Waals surface area contributed by atoms with Gasteiger partial charge in [-0.2, -0.15) is 0 Å². The fraction of sp³-hybridized carbons (Fsp3) is 0.423. The van der Waals surface area contributed by atoms with E-state index in [1.54, 1.807) is 13.3 Å². The smallest absolute Gasteiger partial charge is 0.254 e. The lowest BCUT2D eigenvalue weighted by molar-refractivity contribution is -0.116.